The van der Waals surface area contributed by atoms with Crippen LogP contribution >= 0.6 is 0 Å². The summed E-state index contributed by atoms with van der Waals surface area (Å²) in [6, 6.07) is 5.54. The van der Waals surface area contributed by atoms with Crippen molar-refractivity contribution in [2.45, 2.75) is 32.7 Å². The molecule has 0 aliphatic rings. The Hall–Kier alpha value is -4.06. The Morgan fingerprint density at radius 1 is 1.18 bits per heavy atom. The van der Waals surface area contributed by atoms with Crippen LogP contribution in [-0.2, 0) is 20.9 Å². The number of aromatic nitrogens is 5. The number of nitrogen functional groups attached to an aromatic ring is 2. The summed E-state index contributed by atoms with van der Waals surface area (Å²) in [6.07, 6.45) is 2.69. The lowest BCUT2D eigenvalue weighted by atomic mass is 10.1. The number of hydrogen-bond acceptors (Lipinski definition) is 10. The number of carbonyl (C=O) groups is 2. The summed E-state index contributed by atoms with van der Waals surface area (Å²) in [6.45, 7) is 3.07. The van der Waals surface area contributed by atoms with E-state index < -0.39 is 0 Å². The van der Waals surface area contributed by atoms with E-state index in [1.807, 2.05) is 12.1 Å². The first-order valence-electron chi connectivity index (χ1n) is 10.9. The number of fused-ring (bicyclic) bond motifs is 2. The van der Waals surface area contributed by atoms with Gasteiger partial charge < -0.3 is 25.9 Å². The molecule has 0 bridgehead atoms. The summed E-state index contributed by atoms with van der Waals surface area (Å²) < 4.78 is 12.4. The highest BCUT2D eigenvalue weighted by atomic mass is 16.5. The summed E-state index contributed by atoms with van der Waals surface area (Å²) in [5, 5.41) is 7.99. The molecule has 1 aromatic carbocycles. The van der Waals surface area contributed by atoms with Crippen LogP contribution in [0.15, 0.2) is 28.9 Å². The Morgan fingerprint density at radius 2 is 2.03 bits per heavy atom. The van der Waals surface area contributed by atoms with Crippen molar-refractivity contribution in [2.24, 2.45) is 0 Å². The molecular formula is C22H26N8O4. The Morgan fingerprint density at radius 3 is 2.85 bits per heavy atom. The summed E-state index contributed by atoms with van der Waals surface area (Å²) in [5.41, 5.74) is 15.0. The van der Waals surface area contributed by atoms with Crippen LogP contribution in [0.25, 0.3) is 33.4 Å². The van der Waals surface area contributed by atoms with E-state index >= 15 is 0 Å². The first-order chi connectivity index (χ1) is 16.4. The van der Waals surface area contributed by atoms with Gasteiger partial charge in [-0.15, -0.1) is 0 Å². The van der Waals surface area contributed by atoms with Gasteiger partial charge >= 0.3 is 0 Å². The van der Waals surface area contributed by atoms with E-state index in [-0.39, 0.29) is 17.7 Å². The second kappa shape index (κ2) is 10.3. The minimum atomic E-state index is -0.107. The molecule has 0 atom stereocenters. The van der Waals surface area contributed by atoms with Gasteiger partial charge in [-0.1, -0.05) is 0 Å². The Balaban J connectivity index is 1.41. The number of oxazole rings is 1. The minimum Gasteiger partial charge on any atom is -0.424 e. The third-order valence-corrected chi connectivity index (χ3v) is 5.21. The Bertz CT molecular complexity index is 1330. The number of hydrogen-bond donors (Lipinski definition) is 3. The standard InChI is InChI=1S/C22H26N8O4/c1-13(31)25-7-10-33-9-6-15(32)3-2-8-30-21-18(20(23)26-12-27-21)19(29-30)14-4-5-17-16(11-14)28-22(24)34-17/h4-5,11-12H,2-3,6-10H2,1H3,(H2,24,28)(H,25,31)(H2,23,26,27). The van der Waals surface area contributed by atoms with Gasteiger partial charge in [0.25, 0.3) is 6.01 Å². The van der Waals surface area contributed by atoms with Crippen molar-refractivity contribution in [3.8, 4) is 11.3 Å². The summed E-state index contributed by atoms with van der Waals surface area (Å²) in [7, 11) is 0. The molecule has 0 aliphatic heterocycles. The SMILES string of the molecule is CC(=O)NCCOCCC(=O)CCCn1nc(-c2ccc3oc(N)nc3c2)c2c(N)ncnc21. The molecule has 0 saturated heterocycles. The second-order valence-electron chi connectivity index (χ2n) is 7.75. The molecule has 0 saturated carbocycles. The fourth-order valence-electron chi connectivity index (χ4n) is 3.62. The fourth-order valence-corrected chi connectivity index (χ4v) is 3.62. The molecule has 3 heterocycles. The van der Waals surface area contributed by atoms with Gasteiger partial charge in [0.1, 0.15) is 29.1 Å². The van der Waals surface area contributed by atoms with E-state index in [4.69, 9.17) is 25.7 Å². The third-order valence-electron chi connectivity index (χ3n) is 5.21. The molecule has 0 spiro atoms. The van der Waals surface area contributed by atoms with Crippen LogP contribution in [0.4, 0.5) is 11.8 Å². The van der Waals surface area contributed by atoms with Crippen LogP contribution in [-0.4, -0.2) is 56.2 Å². The molecule has 0 fully saturated rings. The molecule has 4 rings (SSSR count). The van der Waals surface area contributed by atoms with Crippen LogP contribution in [0.1, 0.15) is 26.2 Å². The number of nitrogens with two attached hydrogens (primary N) is 2. The summed E-state index contributed by atoms with van der Waals surface area (Å²) in [5.74, 6) is 0.308. The molecule has 0 aliphatic carbocycles. The molecule has 4 aromatic rings. The maximum atomic E-state index is 12.2. The number of anilines is 2. The van der Waals surface area contributed by atoms with Crippen molar-refractivity contribution in [2.75, 3.05) is 31.2 Å². The zero-order valence-corrected chi connectivity index (χ0v) is 18.8. The smallest absolute Gasteiger partial charge is 0.292 e. The predicted molar refractivity (Wildman–Crippen MR) is 126 cm³/mol. The fraction of sp³-hybridized carbons (Fsp3) is 0.364. The molecule has 178 valence electrons. The number of benzene rings is 1. The Kier molecular flexibility index (Phi) is 6.97. The van der Waals surface area contributed by atoms with Gasteiger partial charge in [-0.2, -0.15) is 10.1 Å². The zero-order chi connectivity index (χ0) is 24.1. The Labute approximate surface area is 194 Å². The van der Waals surface area contributed by atoms with Crippen molar-refractivity contribution in [1.29, 1.82) is 0 Å². The topological polar surface area (TPSA) is 177 Å². The number of rotatable bonds is 11. The molecule has 12 heteroatoms. The molecule has 34 heavy (non-hydrogen) atoms. The number of carbonyl (C=O) groups excluding carboxylic acids is 2. The number of ether oxygens (including phenoxy) is 1. The first kappa shape index (κ1) is 23.1. The van der Waals surface area contributed by atoms with E-state index in [1.165, 1.54) is 13.3 Å². The number of nitrogens with one attached hydrogen (secondary N) is 1. The lowest BCUT2D eigenvalue weighted by Gasteiger charge is -2.05. The molecule has 0 radical (unpaired) electrons. The van der Waals surface area contributed by atoms with Crippen LogP contribution in [0.5, 0.6) is 0 Å². The van der Waals surface area contributed by atoms with E-state index in [0.717, 1.165) is 5.56 Å². The zero-order valence-electron chi connectivity index (χ0n) is 18.8. The van der Waals surface area contributed by atoms with E-state index in [2.05, 4.69) is 20.3 Å². The normalized spacial score (nSPS) is 11.3. The molecule has 12 nitrogen and oxygen atoms in total. The number of Topliss-reactive ketones (excluding diaryl/α,β-unsaturated/α-hetero) is 1. The van der Waals surface area contributed by atoms with Crippen LogP contribution in [0.2, 0.25) is 0 Å². The highest BCUT2D eigenvalue weighted by molar-refractivity contribution is 5.99. The van der Waals surface area contributed by atoms with Crippen molar-refractivity contribution in [1.82, 2.24) is 30.0 Å². The molecular weight excluding hydrogens is 440 g/mol. The van der Waals surface area contributed by atoms with E-state index in [1.54, 1.807) is 10.7 Å². The van der Waals surface area contributed by atoms with E-state index in [0.29, 0.717) is 79.2 Å². The maximum absolute atomic E-state index is 12.2. The van der Waals surface area contributed by atoms with Crippen molar-refractivity contribution in [3.05, 3.63) is 24.5 Å². The largest absolute Gasteiger partial charge is 0.424 e. The molecule has 3 aromatic heterocycles. The monoisotopic (exact) mass is 466 g/mol. The molecule has 0 unspecified atom stereocenters. The van der Waals surface area contributed by atoms with Crippen molar-refractivity contribution < 1.29 is 18.7 Å². The third kappa shape index (κ3) is 5.29. The van der Waals surface area contributed by atoms with Crippen molar-refractivity contribution in [3.63, 3.8) is 0 Å². The number of nitrogens with zero attached hydrogens (tertiary/aromatic N) is 5. The predicted octanol–water partition coefficient (Wildman–Crippen LogP) is 1.69. The highest BCUT2D eigenvalue weighted by Crippen LogP contribution is 2.32. The average Bonchev–Trinajstić information content (AvgIpc) is 3.36. The van der Waals surface area contributed by atoms with Crippen LogP contribution in [0.3, 0.4) is 0 Å². The average molecular weight is 467 g/mol. The maximum Gasteiger partial charge on any atom is 0.292 e. The van der Waals surface area contributed by atoms with Gasteiger partial charge in [-0.3, -0.25) is 9.59 Å². The van der Waals surface area contributed by atoms with Gasteiger partial charge in [0.15, 0.2) is 11.2 Å². The van der Waals surface area contributed by atoms with Gasteiger partial charge in [-0.25, -0.2) is 14.6 Å². The highest BCUT2D eigenvalue weighted by Gasteiger charge is 2.18. The summed E-state index contributed by atoms with van der Waals surface area (Å²) >= 11 is 0. The number of aryl methyl sites for hydroxylation is 1. The van der Waals surface area contributed by atoms with Gasteiger partial charge in [0.2, 0.25) is 5.91 Å². The number of amides is 1. The molecule has 1 amide bonds. The summed E-state index contributed by atoms with van der Waals surface area (Å²) in [4.78, 5) is 35.6. The minimum absolute atomic E-state index is 0.0909. The second-order valence-corrected chi connectivity index (χ2v) is 7.75. The lowest BCUT2D eigenvalue weighted by Crippen LogP contribution is -2.24. The van der Waals surface area contributed by atoms with Gasteiger partial charge in [-0.05, 0) is 24.6 Å². The quantitative estimate of drug-likeness (QED) is 0.276. The molecule has 5 N–H and O–H groups in total. The number of ketones is 1. The van der Waals surface area contributed by atoms with E-state index in [9.17, 15) is 9.59 Å². The lowest BCUT2D eigenvalue weighted by molar-refractivity contribution is -0.121. The first-order valence-corrected chi connectivity index (χ1v) is 10.9. The van der Waals surface area contributed by atoms with Gasteiger partial charge in [0, 0.05) is 38.4 Å². The van der Waals surface area contributed by atoms with Crippen molar-refractivity contribution >= 4 is 45.7 Å². The van der Waals surface area contributed by atoms with Gasteiger partial charge in [0.05, 0.1) is 18.6 Å². The van der Waals surface area contributed by atoms with Crippen LogP contribution < -0.4 is 16.8 Å². The van der Waals surface area contributed by atoms with Crippen LogP contribution in [0, 0.1) is 0 Å².